The molecule has 22 heavy (non-hydrogen) atoms. The number of hydrogen-bond donors (Lipinski definition) is 1. The molecule has 0 radical (unpaired) electrons. The summed E-state index contributed by atoms with van der Waals surface area (Å²) >= 11 is 0. The quantitative estimate of drug-likeness (QED) is 0.814. The Morgan fingerprint density at radius 1 is 1.09 bits per heavy atom. The van der Waals surface area contributed by atoms with Crippen molar-refractivity contribution in [2.75, 3.05) is 26.2 Å². The van der Waals surface area contributed by atoms with Crippen LogP contribution >= 0.6 is 12.4 Å². The van der Waals surface area contributed by atoms with Gasteiger partial charge in [0.1, 0.15) is 0 Å². The number of ether oxygens (including phenoxy) is 1. The zero-order valence-corrected chi connectivity index (χ0v) is 14.4. The Balaban J connectivity index is 0.00000176. The van der Waals surface area contributed by atoms with E-state index in [2.05, 4.69) is 10.2 Å². The van der Waals surface area contributed by atoms with E-state index in [0.29, 0.717) is 24.5 Å². The third-order valence-electron chi connectivity index (χ3n) is 5.19. The predicted molar refractivity (Wildman–Crippen MR) is 90.4 cm³/mol. The maximum atomic E-state index is 12.3. The molecular weight excluding hydrogens is 300 g/mol. The van der Waals surface area contributed by atoms with Gasteiger partial charge in [-0.1, -0.05) is 0 Å². The van der Waals surface area contributed by atoms with Gasteiger partial charge in [0.2, 0.25) is 5.91 Å². The van der Waals surface area contributed by atoms with Crippen molar-refractivity contribution in [2.45, 2.75) is 69.9 Å². The number of halogens is 1. The topological polar surface area (TPSA) is 41.6 Å². The molecule has 1 aliphatic carbocycles. The largest absolute Gasteiger partial charge is 0.378 e. The van der Waals surface area contributed by atoms with Gasteiger partial charge in [0.05, 0.1) is 6.10 Å². The fourth-order valence-electron chi connectivity index (χ4n) is 3.47. The molecular formula is C17H31ClN2O2. The molecule has 0 aromatic rings. The lowest BCUT2D eigenvalue weighted by molar-refractivity contribution is -0.133. The lowest BCUT2D eigenvalue weighted by Gasteiger charge is -2.33. The van der Waals surface area contributed by atoms with Crippen molar-refractivity contribution < 1.29 is 9.53 Å². The number of carbonyl (C=O) groups is 1. The van der Waals surface area contributed by atoms with Crippen molar-refractivity contribution in [3.8, 4) is 0 Å². The summed E-state index contributed by atoms with van der Waals surface area (Å²) in [6.45, 7) is 3.95. The molecule has 1 saturated carbocycles. The Morgan fingerprint density at radius 2 is 1.86 bits per heavy atom. The second kappa shape index (κ2) is 9.09. The number of hydrogen-bond acceptors (Lipinski definition) is 3. The molecule has 3 aliphatic rings. The smallest absolute Gasteiger partial charge is 0.222 e. The first-order valence-electron chi connectivity index (χ1n) is 8.94. The average molecular weight is 331 g/mol. The third kappa shape index (κ3) is 5.71. The summed E-state index contributed by atoms with van der Waals surface area (Å²) in [4.78, 5) is 14.3. The molecule has 0 spiro atoms. The van der Waals surface area contributed by atoms with Gasteiger partial charge in [0.25, 0.3) is 0 Å². The Labute approximate surface area is 140 Å². The summed E-state index contributed by atoms with van der Waals surface area (Å²) in [7, 11) is 0. The van der Waals surface area contributed by atoms with E-state index in [1.165, 1.54) is 32.2 Å². The summed E-state index contributed by atoms with van der Waals surface area (Å²) in [6.07, 6.45) is 10.6. The summed E-state index contributed by atoms with van der Waals surface area (Å²) in [5, 5.41) is 3.67. The molecule has 1 unspecified atom stereocenters. The van der Waals surface area contributed by atoms with Crippen LogP contribution in [0.1, 0.15) is 57.8 Å². The minimum Gasteiger partial charge on any atom is -0.378 e. The highest BCUT2D eigenvalue weighted by Gasteiger charge is 2.26. The minimum atomic E-state index is 0. The third-order valence-corrected chi connectivity index (χ3v) is 5.19. The first kappa shape index (κ1) is 18.0. The number of likely N-dealkylation sites (tertiary alicyclic amines) is 1. The normalized spacial score (nSPS) is 26.5. The lowest BCUT2D eigenvalue weighted by Crippen LogP contribution is -2.45. The monoisotopic (exact) mass is 330 g/mol. The Hall–Kier alpha value is -0.320. The van der Waals surface area contributed by atoms with Crippen molar-refractivity contribution in [1.29, 1.82) is 0 Å². The van der Waals surface area contributed by atoms with E-state index in [0.717, 1.165) is 51.3 Å². The lowest BCUT2D eigenvalue weighted by atomic mass is 10.0. The van der Waals surface area contributed by atoms with Crippen LogP contribution < -0.4 is 5.32 Å². The highest BCUT2D eigenvalue weighted by Crippen LogP contribution is 2.28. The second-order valence-corrected chi connectivity index (χ2v) is 7.03. The van der Waals surface area contributed by atoms with Gasteiger partial charge in [-0.25, -0.2) is 0 Å². The first-order valence-corrected chi connectivity index (χ1v) is 8.94. The highest BCUT2D eigenvalue weighted by atomic mass is 35.5. The van der Waals surface area contributed by atoms with Gasteiger partial charge in [-0.2, -0.15) is 0 Å². The molecule has 0 aromatic heterocycles. The van der Waals surface area contributed by atoms with Crippen LogP contribution in [0.2, 0.25) is 0 Å². The summed E-state index contributed by atoms with van der Waals surface area (Å²) in [5.74, 6) is 1.28. The summed E-state index contributed by atoms with van der Waals surface area (Å²) in [6, 6.07) is 0.635. The first-order chi connectivity index (χ1) is 10.3. The molecule has 4 nitrogen and oxygen atoms in total. The number of piperidine rings is 1. The zero-order valence-electron chi connectivity index (χ0n) is 13.6. The van der Waals surface area contributed by atoms with E-state index in [-0.39, 0.29) is 12.4 Å². The van der Waals surface area contributed by atoms with Crippen LogP contribution in [0.5, 0.6) is 0 Å². The van der Waals surface area contributed by atoms with Crippen molar-refractivity contribution in [1.82, 2.24) is 10.2 Å². The maximum absolute atomic E-state index is 12.3. The molecule has 5 heteroatoms. The van der Waals surface area contributed by atoms with E-state index in [4.69, 9.17) is 4.74 Å². The van der Waals surface area contributed by atoms with Crippen molar-refractivity contribution >= 4 is 18.3 Å². The van der Waals surface area contributed by atoms with Crippen LogP contribution in [0.25, 0.3) is 0 Å². The van der Waals surface area contributed by atoms with Crippen molar-refractivity contribution in [3.05, 3.63) is 0 Å². The molecule has 128 valence electrons. The fourth-order valence-corrected chi connectivity index (χ4v) is 3.47. The maximum Gasteiger partial charge on any atom is 0.222 e. The van der Waals surface area contributed by atoms with E-state index in [1.54, 1.807) is 0 Å². The fraction of sp³-hybridized carbons (Fsp3) is 0.941. The molecule has 2 aliphatic heterocycles. The van der Waals surface area contributed by atoms with Crippen molar-refractivity contribution in [2.24, 2.45) is 5.92 Å². The SMILES string of the molecule is Cl.O=C(CCC1CCCCO1)N1CCC(NCC2CC2)CC1. The Kier molecular flexibility index (Phi) is 7.45. The minimum absolute atomic E-state index is 0. The van der Waals surface area contributed by atoms with Crippen LogP contribution in [0.15, 0.2) is 0 Å². The van der Waals surface area contributed by atoms with Gasteiger partial charge in [0.15, 0.2) is 0 Å². The number of rotatable bonds is 6. The second-order valence-electron chi connectivity index (χ2n) is 7.03. The zero-order chi connectivity index (χ0) is 14.5. The van der Waals surface area contributed by atoms with Crippen LogP contribution in [-0.2, 0) is 9.53 Å². The van der Waals surface area contributed by atoms with Gasteiger partial charge < -0.3 is 15.0 Å². The highest BCUT2D eigenvalue weighted by molar-refractivity contribution is 5.85. The molecule has 1 atom stereocenters. The number of nitrogens with one attached hydrogen (secondary N) is 1. The average Bonchev–Trinajstić information content (AvgIpc) is 3.36. The number of amides is 1. The molecule has 3 rings (SSSR count). The molecule has 1 N–H and O–H groups in total. The standard InChI is InChI=1S/C17H30N2O2.ClH/c20-17(7-6-16-3-1-2-12-21-16)19-10-8-15(9-11-19)18-13-14-4-5-14;/h14-16,18H,1-13H2;1H. The van der Waals surface area contributed by atoms with E-state index in [1.807, 2.05) is 0 Å². The summed E-state index contributed by atoms with van der Waals surface area (Å²) in [5.41, 5.74) is 0. The molecule has 2 heterocycles. The molecule has 0 bridgehead atoms. The van der Waals surface area contributed by atoms with Gasteiger partial charge in [-0.3, -0.25) is 4.79 Å². The van der Waals surface area contributed by atoms with E-state index >= 15 is 0 Å². The van der Waals surface area contributed by atoms with Crippen LogP contribution in [0, 0.1) is 5.92 Å². The predicted octanol–water partition coefficient (Wildman–Crippen LogP) is 2.75. The van der Waals surface area contributed by atoms with Gasteiger partial charge in [-0.15, -0.1) is 12.4 Å². The van der Waals surface area contributed by atoms with Crippen LogP contribution in [0.3, 0.4) is 0 Å². The van der Waals surface area contributed by atoms with Crippen LogP contribution in [0.4, 0.5) is 0 Å². The van der Waals surface area contributed by atoms with Crippen LogP contribution in [-0.4, -0.2) is 49.2 Å². The molecule has 2 saturated heterocycles. The molecule has 3 fully saturated rings. The number of nitrogens with zero attached hydrogens (tertiary/aromatic N) is 1. The van der Waals surface area contributed by atoms with Gasteiger partial charge in [0, 0.05) is 32.2 Å². The van der Waals surface area contributed by atoms with E-state index in [9.17, 15) is 4.79 Å². The van der Waals surface area contributed by atoms with Gasteiger partial charge >= 0.3 is 0 Å². The van der Waals surface area contributed by atoms with Gasteiger partial charge in [-0.05, 0) is 63.8 Å². The number of carbonyl (C=O) groups excluding carboxylic acids is 1. The molecule has 1 amide bonds. The molecule has 0 aromatic carbocycles. The van der Waals surface area contributed by atoms with Crippen molar-refractivity contribution in [3.63, 3.8) is 0 Å². The summed E-state index contributed by atoms with van der Waals surface area (Å²) < 4.78 is 5.71. The Bertz CT molecular complexity index is 336. The van der Waals surface area contributed by atoms with E-state index < -0.39 is 0 Å². The Morgan fingerprint density at radius 3 is 2.50 bits per heavy atom.